The van der Waals surface area contributed by atoms with E-state index in [0.717, 1.165) is 16.8 Å². The van der Waals surface area contributed by atoms with E-state index in [-0.39, 0.29) is 5.91 Å². The van der Waals surface area contributed by atoms with Crippen molar-refractivity contribution in [1.82, 2.24) is 5.32 Å². The van der Waals surface area contributed by atoms with Crippen LogP contribution >= 0.6 is 23.4 Å². The fourth-order valence-electron chi connectivity index (χ4n) is 3.00. The predicted molar refractivity (Wildman–Crippen MR) is 131 cm³/mol. The van der Waals surface area contributed by atoms with Crippen molar-refractivity contribution in [3.05, 3.63) is 93.9 Å². The molecule has 4 rings (SSSR count). The molecule has 7 heteroatoms. The lowest BCUT2D eigenvalue weighted by Gasteiger charge is -2.13. The van der Waals surface area contributed by atoms with Gasteiger partial charge < -0.3 is 14.8 Å². The van der Waals surface area contributed by atoms with Gasteiger partial charge in [-0.25, -0.2) is 4.99 Å². The highest BCUT2D eigenvalue weighted by Crippen LogP contribution is 2.33. The minimum Gasteiger partial charge on any atom is -0.490 e. The average Bonchev–Trinajstić information content (AvgIpc) is 3.14. The molecule has 3 aromatic rings. The molecule has 0 aromatic heterocycles. The second-order valence-electron chi connectivity index (χ2n) is 6.87. The van der Waals surface area contributed by atoms with Crippen molar-refractivity contribution in [2.75, 3.05) is 6.61 Å². The van der Waals surface area contributed by atoms with Crippen LogP contribution in [0.25, 0.3) is 6.08 Å². The summed E-state index contributed by atoms with van der Waals surface area (Å²) in [6.45, 7) is 2.88. The number of thioether (sulfide) groups is 1. The number of nitrogens with zero attached hydrogens (tertiary/aromatic N) is 1. The number of amides is 1. The smallest absolute Gasteiger partial charge is 0.264 e. The maximum absolute atomic E-state index is 12.4. The lowest BCUT2D eigenvalue weighted by atomic mass is 10.2. The molecule has 1 N–H and O–H groups in total. The molecular weight excluding hydrogens is 444 g/mol. The molecule has 0 bridgehead atoms. The lowest BCUT2D eigenvalue weighted by Crippen LogP contribution is -2.19. The van der Waals surface area contributed by atoms with E-state index in [2.05, 4.69) is 10.3 Å². The summed E-state index contributed by atoms with van der Waals surface area (Å²) in [6, 6.07) is 22.7. The van der Waals surface area contributed by atoms with E-state index in [9.17, 15) is 4.79 Å². The van der Waals surface area contributed by atoms with E-state index >= 15 is 0 Å². The van der Waals surface area contributed by atoms with Gasteiger partial charge in [-0.1, -0.05) is 48.0 Å². The molecule has 1 fully saturated rings. The third kappa shape index (κ3) is 5.72. The van der Waals surface area contributed by atoms with Gasteiger partial charge in [0, 0.05) is 5.02 Å². The molecule has 0 aliphatic carbocycles. The molecule has 1 heterocycles. The second kappa shape index (κ2) is 10.4. The molecule has 0 atom stereocenters. The van der Waals surface area contributed by atoms with Crippen molar-refractivity contribution in [3.8, 4) is 11.5 Å². The van der Waals surface area contributed by atoms with Crippen LogP contribution in [-0.2, 0) is 11.4 Å². The number of carbonyl (C=O) groups excluding carboxylic acids is 1. The van der Waals surface area contributed by atoms with Crippen LogP contribution in [0, 0.1) is 0 Å². The summed E-state index contributed by atoms with van der Waals surface area (Å²) < 4.78 is 11.7. The van der Waals surface area contributed by atoms with E-state index in [0.29, 0.717) is 39.8 Å². The summed E-state index contributed by atoms with van der Waals surface area (Å²) in [7, 11) is 0. The molecule has 0 unspecified atom stereocenters. The van der Waals surface area contributed by atoms with Crippen LogP contribution in [0.3, 0.4) is 0 Å². The maximum Gasteiger partial charge on any atom is 0.264 e. The zero-order valence-electron chi connectivity index (χ0n) is 17.4. The molecule has 0 radical (unpaired) electrons. The summed E-state index contributed by atoms with van der Waals surface area (Å²) in [6.07, 6.45) is 1.81. The molecule has 162 valence electrons. The first-order valence-electron chi connectivity index (χ1n) is 10.1. The van der Waals surface area contributed by atoms with E-state index in [1.807, 2.05) is 61.5 Å². The number of amidine groups is 1. The summed E-state index contributed by atoms with van der Waals surface area (Å²) in [5, 5.41) is 3.96. The Bertz CT molecular complexity index is 1160. The molecule has 1 amide bonds. The van der Waals surface area contributed by atoms with E-state index < -0.39 is 0 Å². The van der Waals surface area contributed by atoms with Crippen molar-refractivity contribution in [2.24, 2.45) is 4.99 Å². The molecular formula is C25H21ClN2O3S. The highest BCUT2D eigenvalue weighted by molar-refractivity contribution is 8.18. The van der Waals surface area contributed by atoms with Crippen LogP contribution in [0.2, 0.25) is 5.02 Å². The Balaban J connectivity index is 1.50. The highest BCUT2D eigenvalue weighted by atomic mass is 35.5. The third-order valence-corrected chi connectivity index (χ3v) is 5.67. The quantitative estimate of drug-likeness (QED) is 0.422. The van der Waals surface area contributed by atoms with Gasteiger partial charge in [-0.3, -0.25) is 4.79 Å². The van der Waals surface area contributed by atoms with Gasteiger partial charge in [-0.2, -0.15) is 0 Å². The van der Waals surface area contributed by atoms with Crippen LogP contribution in [-0.4, -0.2) is 17.7 Å². The number of carbonyl (C=O) groups is 1. The molecule has 1 aliphatic rings. The van der Waals surface area contributed by atoms with Gasteiger partial charge in [0.1, 0.15) is 6.61 Å². The van der Waals surface area contributed by atoms with Crippen LogP contribution in [0.15, 0.2) is 82.7 Å². The first-order chi connectivity index (χ1) is 15.6. The summed E-state index contributed by atoms with van der Waals surface area (Å²) in [5.41, 5.74) is 2.63. The highest BCUT2D eigenvalue weighted by Gasteiger charge is 2.24. The summed E-state index contributed by atoms with van der Waals surface area (Å²) in [4.78, 5) is 17.4. The number of rotatable bonds is 7. The Morgan fingerprint density at radius 1 is 1.00 bits per heavy atom. The Morgan fingerprint density at radius 2 is 1.78 bits per heavy atom. The van der Waals surface area contributed by atoms with Crippen LogP contribution in [0.4, 0.5) is 5.69 Å². The first kappa shape index (κ1) is 22.0. The number of ether oxygens (including phenoxy) is 2. The molecule has 1 aliphatic heterocycles. The van der Waals surface area contributed by atoms with Crippen LogP contribution in [0.1, 0.15) is 18.1 Å². The Morgan fingerprint density at radius 3 is 2.53 bits per heavy atom. The maximum atomic E-state index is 12.4. The number of hydrogen-bond donors (Lipinski definition) is 1. The van der Waals surface area contributed by atoms with Gasteiger partial charge in [0.25, 0.3) is 5.91 Å². The van der Waals surface area contributed by atoms with Gasteiger partial charge in [0.2, 0.25) is 0 Å². The number of nitrogens with one attached hydrogen (secondary N) is 1. The molecule has 3 aromatic carbocycles. The summed E-state index contributed by atoms with van der Waals surface area (Å²) >= 11 is 7.20. The van der Waals surface area contributed by atoms with Gasteiger partial charge in [-0.05, 0) is 72.3 Å². The molecule has 32 heavy (non-hydrogen) atoms. The van der Waals surface area contributed by atoms with Gasteiger partial charge in [0.05, 0.1) is 17.2 Å². The third-order valence-electron chi connectivity index (χ3n) is 4.51. The Kier molecular flexibility index (Phi) is 7.14. The van der Waals surface area contributed by atoms with Crippen molar-refractivity contribution in [1.29, 1.82) is 0 Å². The first-order valence-corrected chi connectivity index (χ1v) is 11.3. The van der Waals surface area contributed by atoms with Crippen molar-refractivity contribution in [3.63, 3.8) is 0 Å². The molecule has 0 saturated carbocycles. The normalized spacial score (nSPS) is 15.8. The monoisotopic (exact) mass is 464 g/mol. The Labute approximate surface area is 196 Å². The van der Waals surface area contributed by atoms with Crippen molar-refractivity contribution >= 4 is 46.2 Å². The minimum absolute atomic E-state index is 0.190. The van der Waals surface area contributed by atoms with E-state index in [1.165, 1.54) is 11.8 Å². The minimum atomic E-state index is -0.190. The van der Waals surface area contributed by atoms with Crippen LogP contribution < -0.4 is 14.8 Å². The average molecular weight is 465 g/mol. The fourth-order valence-corrected chi connectivity index (χ4v) is 3.97. The van der Waals surface area contributed by atoms with Crippen molar-refractivity contribution in [2.45, 2.75) is 13.5 Å². The molecule has 5 nitrogen and oxygen atoms in total. The number of benzene rings is 3. The predicted octanol–water partition coefficient (Wildman–Crippen LogP) is 6.21. The van der Waals surface area contributed by atoms with Gasteiger partial charge >= 0.3 is 0 Å². The molecule has 1 saturated heterocycles. The number of aliphatic imine (C=N–C) groups is 1. The summed E-state index contributed by atoms with van der Waals surface area (Å²) in [5.74, 6) is 1.10. The van der Waals surface area contributed by atoms with Crippen LogP contribution in [0.5, 0.6) is 11.5 Å². The van der Waals surface area contributed by atoms with Gasteiger partial charge in [0.15, 0.2) is 16.7 Å². The van der Waals surface area contributed by atoms with Crippen molar-refractivity contribution < 1.29 is 14.3 Å². The number of halogens is 1. The van der Waals surface area contributed by atoms with E-state index in [1.54, 1.807) is 24.3 Å². The topological polar surface area (TPSA) is 59.9 Å². The standard InChI is InChI=1S/C25H21ClN2O3S/c1-2-30-22-14-18(8-13-21(22)31-16-17-6-4-3-5-7-17)15-23-24(29)28-25(32-23)27-20-11-9-19(26)10-12-20/h3-15H,2,16H2,1H3,(H,27,28,29). The van der Waals surface area contributed by atoms with Gasteiger partial charge in [-0.15, -0.1) is 0 Å². The Hall–Kier alpha value is -3.22. The largest absolute Gasteiger partial charge is 0.490 e. The fraction of sp³-hybridized carbons (Fsp3) is 0.120. The SMILES string of the molecule is CCOc1cc(C=C2SC(=Nc3ccc(Cl)cc3)NC2=O)ccc1OCc1ccccc1. The van der Waals surface area contributed by atoms with E-state index in [4.69, 9.17) is 21.1 Å². The molecule has 0 spiro atoms. The lowest BCUT2D eigenvalue weighted by molar-refractivity contribution is -0.115. The number of hydrogen-bond acceptors (Lipinski definition) is 5. The second-order valence-corrected chi connectivity index (χ2v) is 8.34. The zero-order valence-corrected chi connectivity index (χ0v) is 19.0. The zero-order chi connectivity index (χ0) is 22.3.